The first-order valence-electron chi connectivity index (χ1n) is 11.8. The van der Waals surface area contributed by atoms with Crippen molar-refractivity contribution < 1.29 is 19.1 Å². The molecule has 0 aliphatic carbocycles. The highest BCUT2D eigenvalue weighted by molar-refractivity contribution is 6.31. The minimum Gasteiger partial charge on any atom is -0.497 e. The summed E-state index contributed by atoms with van der Waals surface area (Å²) in [6, 6.07) is 20.0. The number of carbonyl (C=O) groups is 3. The summed E-state index contributed by atoms with van der Waals surface area (Å²) >= 11 is 6.29. The van der Waals surface area contributed by atoms with E-state index in [0.717, 1.165) is 16.8 Å². The maximum Gasteiger partial charge on any atom is 0.240 e. The Labute approximate surface area is 213 Å². The molecule has 2 amide bonds. The van der Waals surface area contributed by atoms with Crippen LogP contribution in [0.1, 0.15) is 22.8 Å². The molecule has 36 heavy (non-hydrogen) atoms. The van der Waals surface area contributed by atoms with Gasteiger partial charge in [0, 0.05) is 21.8 Å². The predicted octanol–water partition coefficient (Wildman–Crippen LogP) is 5.01. The number of benzene rings is 3. The van der Waals surface area contributed by atoms with E-state index in [1.54, 1.807) is 61.7 Å². The van der Waals surface area contributed by atoms with Crippen LogP contribution in [-0.2, 0) is 9.59 Å². The quantitative estimate of drug-likeness (QED) is 0.373. The third kappa shape index (κ3) is 3.21. The molecule has 7 heteroatoms. The van der Waals surface area contributed by atoms with Crippen molar-refractivity contribution in [2.24, 2.45) is 11.8 Å². The average molecular weight is 499 g/mol. The van der Waals surface area contributed by atoms with Crippen molar-refractivity contribution in [3.05, 3.63) is 95.0 Å². The highest BCUT2D eigenvalue weighted by Gasteiger charge is 2.64. The smallest absolute Gasteiger partial charge is 0.240 e. The summed E-state index contributed by atoms with van der Waals surface area (Å²) in [5.74, 6) is -1.71. The van der Waals surface area contributed by atoms with Gasteiger partial charge in [0.2, 0.25) is 11.8 Å². The number of hydrogen-bond acceptors (Lipinski definition) is 5. The topological polar surface area (TPSA) is 66.9 Å². The summed E-state index contributed by atoms with van der Waals surface area (Å²) < 4.78 is 5.22. The Morgan fingerprint density at radius 3 is 2.31 bits per heavy atom. The minimum absolute atomic E-state index is 0.181. The van der Waals surface area contributed by atoms with Crippen molar-refractivity contribution in [2.45, 2.75) is 19.0 Å². The van der Waals surface area contributed by atoms with Gasteiger partial charge in [-0.05, 0) is 55.0 Å². The van der Waals surface area contributed by atoms with E-state index in [0.29, 0.717) is 22.0 Å². The lowest BCUT2D eigenvalue weighted by Gasteiger charge is -2.38. The second kappa shape index (κ2) is 8.35. The molecule has 0 aromatic heterocycles. The number of anilines is 2. The molecule has 3 aromatic rings. The number of allylic oxidation sites excluding steroid dienone is 1. The Kier molecular flexibility index (Phi) is 5.23. The lowest BCUT2D eigenvalue weighted by atomic mass is 9.85. The van der Waals surface area contributed by atoms with Gasteiger partial charge in [-0.25, -0.2) is 4.90 Å². The van der Waals surface area contributed by atoms with Gasteiger partial charge < -0.3 is 9.64 Å². The van der Waals surface area contributed by atoms with Crippen molar-refractivity contribution in [3.63, 3.8) is 0 Å². The van der Waals surface area contributed by atoms with Gasteiger partial charge in [0.05, 0.1) is 30.7 Å². The molecule has 0 N–H and O–H groups in total. The van der Waals surface area contributed by atoms with Gasteiger partial charge in [0.1, 0.15) is 11.8 Å². The zero-order valence-corrected chi connectivity index (χ0v) is 20.5. The van der Waals surface area contributed by atoms with E-state index in [1.807, 2.05) is 36.1 Å². The molecule has 0 spiro atoms. The number of ketones is 1. The summed E-state index contributed by atoms with van der Waals surface area (Å²) in [5.41, 5.74) is 3.65. The fourth-order valence-electron chi connectivity index (χ4n) is 5.87. The van der Waals surface area contributed by atoms with Gasteiger partial charge in [-0.15, -0.1) is 0 Å². The molecule has 180 valence electrons. The molecule has 6 rings (SSSR count). The van der Waals surface area contributed by atoms with Crippen LogP contribution < -0.4 is 14.5 Å². The van der Waals surface area contributed by atoms with Gasteiger partial charge in [-0.2, -0.15) is 0 Å². The Morgan fingerprint density at radius 1 is 0.917 bits per heavy atom. The monoisotopic (exact) mass is 498 g/mol. The van der Waals surface area contributed by atoms with Crippen LogP contribution in [0.3, 0.4) is 0 Å². The summed E-state index contributed by atoms with van der Waals surface area (Å²) in [7, 11) is 1.56. The minimum atomic E-state index is -0.827. The van der Waals surface area contributed by atoms with E-state index in [1.165, 1.54) is 4.90 Å². The third-order valence-electron chi connectivity index (χ3n) is 7.47. The second-order valence-electron chi connectivity index (χ2n) is 9.35. The van der Waals surface area contributed by atoms with Crippen molar-refractivity contribution in [3.8, 4) is 5.75 Å². The molecule has 3 aromatic carbocycles. The van der Waals surface area contributed by atoms with Crippen LogP contribution >= 0.6 is 11.6 Å². The van der Waals surface area contributed by atoms with Crippen molar-refractivity contribution in [1.82, 2.24) is 0 Å². The van der Waals surface area contributed by atoms with Gasteiger partial charge >= 0.3 is 0 Å². The molecule has 0 saturated carbocycles. The van der Waals surface area contributed by atoms with E-state index >= 15 is 0 Å². The summed E-state index contributed by atoms with van der Waals surface area (Å²) in [6.07, 6.45) is 2.00. The van der Waals surface area contributed by atoms with E-state index in [4.69, 9.17) is 16.3 Å². The molecule has 3 aliphatic heterocycles. The van der Waals surface area contributed by atoms with Crippen molar-refractivity contribution in [2.75, 3.05) is 16.9 Å². The average Bonchev–Trinajstić information content (AvgIpc) is 3.36. The molecule has 4 atom stereocenters. The Morgan fingerprint density at radius 2 is 1.61 bits per heavy atom. The number of fused-ring (bicyclic) bond motifs is 5. The number of nitrogens with zero attached hydrogens (tertiary/aromatic N) is 2. The second-order valence-corrected chi connectivity index (χ2v) is 9.78. The maximum absolute atomic E-state index is 14.0. The Bertz CT molecular complexity index is 1430. The highest BCUT2D eigenvalue weighted by atomic mass is 35.5. The predicted molar refractivity (Wildman–Crippen MR) is 138 cm³/mol. The molecule has 4 unspecified atom stereocenters. The first-order valence-corrected chi connectivity index (χ1v) is 12.2. The highest BCUT2D eigenvalue weighted by Crippen LogP contribution is 2.51. The molecule has 3 aliphatic rings. The van der Waals surface area contributed by atoms with Crippen LogP contribution in [-0.4, -0.2) is 36.8 Å². The fourth-order valence-corrected chi connectivity index (χ4v) is 6.05. The number of ether oxygens (including phenoxy) is 1. The first kappa shape index (κ1) is 22.6. The number of methoxy groups -OCH3 is 1. The van der Waals surface area contributed by atoms with E-state index in [2.05, 4.69) is 0 Å². The fraction of sp³-hybridized carbons (Fsp3) is 0.207. The van der Waals surface area contributed by atoms with Gasteiger partial charge in [-0.3, -0.25) is 14.4 Å². The maximum atomic E-state index is 14.0. The van der Waals surface area contributed by atoms with Crippen LogP contribution in [0.15, 0.2) is 78.9 Å². The molecular formula is C29H23ClN2O4. The molecular weight excluding hydrogens is 476 g/mol. The van der Waals surface area contributed by atoms with Gasteiger partial charge in [-0.1, -0.05) is 48.0 Å². The Balaban J connectivity index is 1.50. The zero-order valence-electron chi connectivity index (χ0n) is 19.7. The van der Waals surface area contributed by atoms with Crippen LogP contribution in [0.25, 0.3) is 5.57 Å². The van der Waals surface area contributed by atoms with E-state index < -0.39 is 23.9 Å². The summed E-state index contributed by atoms with van der Waals surface area (Å²) in [5, 5.41) is 0.586. The van der Waals surface area contributed by atoms with Crippen LogP contribution in [0.4, 0.5) is 11.4 Å². The number of rotatable bonds is 4. The van der Waals surface area contributed by atoms with Gasteiger partial charge in [0.15, 0.2) is 5.78 Å². The van der Waals surface area contributed by atoms with Crippen LogP contribution in [0, 0.1) is 11.8 Å². The normalized spacial score (nSPS) is 24.2. The van der Waals surface area contributed by atoms with E-state index in [-0.39, 0.29) is 17.6 Å². The molecule has 2 fully saturated rings. The first-order chi connectivity index (χ1) is 17.4. The number of imide groups is 1. The zero-order chi connectivity index (χ0) is 25.1. The van der Waals surface area contributed by atoms with Gasteiger partial charge in [0.25, 0.3) is 0 Å². The standard InChI is InChI=1S/C29H23ClN2O4/c1-16-14-23-24-25(29(35)31(28(24)34)19-9-11-20(36-2)12-10-19)26(27(33)17-6-4-3-5-7-17)32(23)22-13-8-18(30)15-21(16)22/h3-15,23-26H,1-2H3. The molecule has 3 heterocycles. The third-order valence-corrected chi connectivity index (χ3v) is 7.70. The number of Topliss-reactive ketones (excluding diaryl/α,β-unsaturated/α-hetero) is 1. The number of halogens is 1. The lowest BCUT2D eigenvalue weighted by molar-refractivity contribution is -0.122. The lowest BCUT2D eigenvalue weighted by Crippen LogP contribution is -2.49. The molecule has 2 saturated heterocycles. The molecule has 0 bridgehead atoms. The summed E-state index contributed by atoms with van der Waals surface area (Å²) in [4.78, 5) is 45.0. The van der Waals surface area contributed by atoms with Crippen LogP contribution in [0.5, 0.6) is 5.75 Å². The van der Waals surface area contributed by atoms with Crippen LogP contribution in [0.2, 0.25) is 5.02 Å². The Hall–Kier alpha value is -3.90. The van der Waals surface area contributed by atoms with Crippen molar-refractivity contribution >= 4 is 46.1 Å². The molecule has 0 radical (unpaired) electrons. The SMILES string of the molecule is COc1ccc(N2C(=O)C3C(C2=O)C(C(=O)c2ccccc2)N2c4ccc(Cl)cc4C(C)=CC32)cc1. The molecule has 6 nitrogen and oxygen atoms in total. The number of hydrogen-bond donors (Lipinski definition) is 0. The number of amides is 2. The largest absolute Gasteiger partial charge is 0.497 e. The van der Waals surface area contributed by atoms with Crippen molar-refractivity contribution in [1.29, 1.82) is 0 Å². The summed E-state index contributed by atoms with van der Waals surface area (Å²) in [6.45, 7) is 1.97. The van der Waals surface area contributed by atoms with E-state index in [9.17, 15) is 14.4 Å². The number of carbonyl (C=O) groups excluding carboxylic acids is 3.